The molecule has 0 radical (unpaired) electrons. The molecule has 1 aromatic carbocycles. The highest BCUT2D eigenvalue weighted by molar-refractivity contribution is 6.31. The molecule has 0 aliphatic rings. The summed E-state index contributed by atoms with van der Waals surface area (Å²) in [6, 6.07) is 3.21. The van der Waals surface area contributed by atoms with E-state index in [1.807, 2.05) is 13.8 Å². The second-order valence-corrected chi connectivity index (χ2v) is 4.28. The summed E-state index contributed by atoms with van der Waals surface area (Å²) in [5.74, 6) is -0.405. The number of hydroxylamine groups is 1. The van der Waals surface area contributed by atoms with Crippen LogP contribution < -0.4 is 5.48 Å². The molecule has 0 atom stereocenters. The van der Waals surface area contributed by atoms with Crippen LogP contribution in [0.4, 0.5) is 4.39 Å². The van der Waals surface area contributed by atoms with Crippen molar-refractivity contribution in [2.45, 2.75) is 19.8 Å². The van der Waals surface area contributed by atoms with Crippen LogP contribution in [0.5, 0.6) is 0 Å². The average molecular weight is 273 g/mol. The summed E-state index contributed by atoms with van der Waals surface area (Å²) in [7, 11) is 1.46. The summed E-state index contributed by atoms with van der Waals surface area (Å²) in [4.78, 5) is 18.4. The van der Waals surface area contributed by atoms with Crippen molar-refractivity contribution in [1.82, 2.24) is 5.48 Å². The van der Waals surface area contributed by atoms with Crippen LogP contribution >= 0.6 is 11.6 Å². The van der Waals surface area contributed by atoms with Gasteiger partial charge in [-0.05, 0) is 17.5 Å². The van der Waals surface area contributed by atoms with Gasteiger partial charge in [0.15, 0.2) is 11.7 Å². The SMILES string of the molecule is CN=C(NOC=O)c1c(C(C)C)ccc(Cl)c1F. The van der Waals surface area contributed by atoms with Gasteiger partial charge in [0.05, 0.1) is 10.6 Å². The lowest BCUT2D eigenvalue weighted by molar-refractivity contribution is -0.132. The van der Waals surface area contributed by atoms with Crippen LogP contribution in [0.25, 0.3) is 0 Å². The van der Waals surface area contributed by atoms with Gasteiger partial charge < -0.3 is 4.84 Å². The number of nitrogens with zero attached hydrogens (tertiary/aromatic N) is 1. The first-order valence-corrected chi connectivity index (χ1v) is 5.71. The molecule has 4 nitrogen and oxygen atoms in total. The minimum atomic E-state index is -0.592. The molecule has 0 bridgehead atoms. The standard InChI is InChI=1S/C12H14ClFN2O2/c1-7(2)8-4-5-9(13)11(14)10(8)12(15-3)16-18-6-17/h4-7H,1-3H3,(H,15,16). The predicted octanol–water partition coefficient (Wildman–Crippen LogP) is 2.66. The number of hydrogen-bond donors (Lipinski definition) is 1. The lowest BCUT2D eigenvalue weighted by atomic mass is 9.96. The molecule has 0 amide bonds. The van der Waals surface area contributed by atoms with Crippen LogP contribution in [0.2, 0.25) is 5.02 Å². The summed E-state index contributed by atoms with van der Waals surface area (Å²) >= 11 is 5.76. The van der Waals surface area contributed by atoms with Crippen molar-refractivity contribution in [3.05, 3.63) is 34.1 Å². The Morgan fingerprint density at radius 3 is 2.72 bits per heavy atom. The van der Waals surface area contributed by atoms with Crippen molar-refractivity contribution in [1.29, 1.82) is 0 Å². The number of aliphatic imine (C=N–C) groups is 1. The fourth-order valence-electron chi connectivity index (χ4n) is 1.58. The van der Waals surface area contributed by atoms with E-state index in [2.05, 4.69) is 15.3 Å². The van der Waals surface area contributed by atoms with Crippen LogP contribution in [0, 0.1) is 5.82 Å². The topological polar surface area (TPSA) is 50.7 Å². The van der Waals surface area contributed by atoms with Gasteiger partial charge >= 0.3 is 6.47 Å². The maximum Gasteiger partial charge on any atom is 0.320 e. The maximum absolute atomic E-state index is 14.1. The molecule has 0 spiro atoms. The fraction of sp³-hybridized carbons (Fsp3) is 0.333. The maximum atomic E-state index is 14.1. The molecule has 1 aromatic rings. The Morgan fingerprint density at radius 2 is 2.22 bits per heavy atom. The zero-order chi connectivity index (χ0) is 13.7. The van der Waals surface area contributed by atoms with Gasteiger partial charge in [-0.15, -0.1) is 0 Å². The van der Waals surface area contributed by atoms with Crippen molar-refractivity contribution in [3.8, 4) is 0 Å². The first-order chi connectivity index (χ1) is 8.52. The molecule has 0 unspecified atom stereocenters. The monoisotopic (exact) mass is 272 g/mol. The van der Waals surface area contributed by atoms with Crippen LogP contribution in [0.15, 0.2) is 17.1 Å². The third-order valence-corrected chi connectivity index (χ3v) is 2.71. The molecule has 18 heavy (non-hydrogen) atoms. The van der Waals surface area contributed by atoms with Crippen molar-refractivity contribution in [2.24, 2.45) is 4.99 Å². The lowest BCUT2D eigenvalue weighted by Crippen LogP contribution is -2.27. The van der Waals surface area contributed by atoms with Gasteiger partial charge in [0, 0.05) is 7.05 Å². The quantitative estimate of drug-likeness (QED) is 0.397. The zero-order valence-corrected chi connectivity index (χ0v) is 11.1. The van der Waals surface area contributed by atoms with Gasteiger partial charge in [0.2, 0.25) is 0 Å². The lowest BCUT2D eigenvalue weighted by Gasteiger charge is -2.16. The highest BCUT2D eigenvalue weighted by atomic mass is 35.5. The molecule has 0 saturated carbocycles. The van der Waals surface area contributed by atoms with E-state index in [-0.39, 0.29) is 28.8 Å². The van der Waals surface area contributed by atoms with E-state index in [0.29, 0.717) is 0 Å². The highest BCUT2D eigenvalue weighted by Crippen LogP contribution is 2.27. The molecule has 1 N–H and O–H groups in total. The summed E-state index contributed by atoms with van der Waals surface area (Å²) in [5.41, 5.74) is 3.21. The van der Waals surface area contributed by atoms with Crippen molar-refractivity contribution in [3.63, 3.8) is 0 Å². The molecular formula is C12H14ClFN2O2. The van der Waals surface area contributed by atoms with E-state index in [1.54, 1.807) is 6.07 Å². The van der Waals surface area contributed by atoms with E-state index in [4.69, 9.17) is 11.6 Å². The normalized spacial score (nSPS) is 11.6. The predicted molar refractivity (Wildman–Crippen MR) is 68.2 cm³/mol. The second-order valence-electron chi connectivity index (χ2n) is 3.87. The van der Waals surface area contributed by atoms with Crippen molar-refractivity contribution < 1.29 is 14.0 Å². The minimum absolute atomic E-state index is 0.0107. The number of halogens is 2. The number of amidine groups is 1. The Bertz CT molecular complexity index is 475. The molecule has 6 heteroatoms. The van der Waals surface area contributed by atoms with Crippen molar-refractivity contribution >= 4 is 23.9 Å². The van der Waals surface area contributed by atoms with Gasteiger partial charge in [-0.25, -0.2) is 9.87 Å². The summed E-state index contributed by atoms with van der Waals surface area (Å²) in [5, 5.41) is -0.0107. The molecule has 0 aliphatic heterocycles. The number of carbonyl (C=O) groups is 1. The minimum Gasteiger partial charge on any atom is -0.345 e. The van der Waals surface area contributed by atoms with Gasteiger partial charge in [-0.1, -0.05) is 31.5 Å². The number of rotatable bonds is 4. The molecule has 0 saturated heterocycles. The van der Waals surface area contributed by atoms with Crippen molar-refractivity contribution in [2.75, 3.05) is 7.05 Å². The van der Waals surface area contributed by atoms with E-state index in [0.717, 1.165) is 5.56 Å². The molecule has 1 rings (SSSR count). The van der Waals surface area contributed by atoms with Crippen LogP contribution in [-0.2, 0) is 9.63 Å². The fourth-order valence-corrected chi connectivity index (χ4v) is 1.73. The van der Waals surface area contributed by atoms with E-state index in [9.17, 15) is 9.18 Å². The van der Waals surface area contributed by atoms with Gasteiger partial charge in [0.25, 0.3) is 0 Å². The third-order valence-electron chi connectivity index (χ3n) is 2.41. The van der Waals surface area contributed by atoms with Crippen LogP contribution in [0.3, 0.4) is 0 Å². The summed E-state index contributed by atoms with van der Waals surface area (Å²) in [6.45, 7) is 4.03. The number of nitrogens with one attached hydrogen (secondary N) is 1. The summed E-state index contributed by atoms with van der Waals surface area (Å²) in [6.07, 6.45) is 0. The first-order valence-electron chi connectivity index (χ1n) is 5.33. The number of hydrogen-bond acceptors (Lipinski definition) is 3. The first kappa shape index (κ1) is 14.4. The Morgan fingerprint density at radius 1 is 1.56 bits per heavy atom. The number of carbonyl (C=O) groups excluding carboxylic acids is 1. The van der Waals surface area contributed by atoms with Gasteiger partial charge in [-0.2, -0.15) is 0 Å². The van der Waals surface area contributed by atoms with Crippen LogP contribution in [0.1, 0.15) is 30.9 Å². The molecule has 0 heterocycles. The molecule has 0 fully saturated rings. The Balaban J connectivity index is 3.34. The molecule has 98 valence electrons. The number of benzene rings is 1. The largest absolute Gasteiger partial charge is 0.345 e. The highest BCUT2D eigenvalue weighted by Gasteiger charge is 2.19. The van der Waals surface area contributed by atoms with Gasteiger partial charge in [0.1, 0.15) is 0 Å². The molecule has 0 aromatic heterocycles. The van der Waals surface area contributed by atoms with Gasteiger partial charge in [-0.3, -0.25) is 9.79 Å². The smallest absolute Gasteiger partial charge is 0.320 e. The van der Waals surface area contributed by atoms with Crippen LogP contribution in [-0.4, -0.2) is 19.4 Å². The molecule has 0 aliphatic carbocycles. The van der Waals surface area contributed by atoms with E-state index >= 15 is 0 Å². The van der Waals surface area contributed by atoms with E-state index in [1.165, 1.54) is 13.1 Å². The Hall–Kier alpha value is -1.62. The van der Waals surface area contributed by atoms with E-state index < -0.39 is 5.82 Å². The molecular weight excluding hydrogens is 259 g/mol. The zero-order valence-electron chi connectivity index (χ0n) is 10.3. The second kappa shape index (κ2) is 6.35. The third kappa shape index (κ3) is 2.98. The Kier molecular flexibility index (Phi) is 5.09. The Labute approximate surface area is 110 Å². The average Bonchev–Trinajstić information content (AvgIpc) is 2.34. The summed E-state index contributed by atoms with van der Waals surface area (Å²) < 4.78 is 14.1.